The molecule has 0 aliphatic rings. The zero-order valence-electron chi connectivity index (χ0n) is 6.81. The summed E-state index contributed by atoms with van der Waals surface area (Å²) in [5.41, 5.74) is 0. The van der Waals surface area contributed by atoms with E-state index in [1.807, 2.05) is 22.6 Å². The maximum atomic E-state index is 8.61. The van der Waals surface area contributed by atoms with Crippen molar-refractivity contribution < 1.29 is 10.2 Å². The van der Waals surface area contributed by atoms with Gasteiger partial charge in [0.1, 0.15) is 0 Å². The van der Waals surface area contributed by atoms with E-state index in [9.17, 15) is 0 Å². The average molecular weight is 270 g/mol. The fourth-order valence-electron chi connectivity index (χ4n) is 0.819. The molecule has 0 radical (unpaired) electrons. The Balaban J connectivity index is 3.32. The molecule has 0 unspecified atom stereocenters. The van der Waals surface area contributed by atoms with Crippen LogP contribution in [0.5, 0.6) is 0 Å². The Bertz CT molecular complexity index is 128. The molecule has 3 heteroatoms. The minimum Gasteiger partial charge on any atom is -0.481 e. The minimum atomic E-state index is -0.512. The number of rotatable bonds is 5. The molecule has 0 aliphatic carbocycles. The lowest BCUT2D eigenvalue weighted by atomic mass is 10.1. The average Bonchev–Trinajstić information content (AvgIpc) is 1.97. The van der Waals surface area contributed by atoms with Gasteiger partial charge in [-0.25, -0.2) is 0 Å². The van der Waals surface area contributed by atoms with Crippen LogP contribution in [-0.2, 0) is 0 Å². The number of allylic oxidation sites excluding steroid dienone is 1. The van der Waals surface area contributed by atoms with E-state index in [-0.39, 0.29) is 0 Å². The van der Waals surface area contributed by atoms with E-state index in [0.29, 0.717) is 3.58 Å². The summed E-state index contributed by atoms with van der Waals surface area (Å²) in [7, 11) is 0. The first-order valence-corrected chi connectivity index (χ1v) is 5.03. The Kier molecular flexibility index (Phi) is 6.80. The first kappa shape index (κ1) is 11.1. The second kappa shape index (κ2) is 6.76. The lowest BCUT2D eigenvalue weighted by Crippen LogP contribution is -1.83. The van der Waals surface area contributed by atoms with Crippen molar-refractivity contribution in [2.45, 2.75) is 39.0 Å². The SMILES string of the molecule is CCCCCCC(I)=C(O)O. The first-order chi connectivity index (χ1) is 5.18. The van der Waals surface area contributed by atoms with Crippen LogP contribution >= 0.6 is 22.6 Å². The Morgan fingerprint density at radius 1 is 1.18 bits per heavy atom. The van der Waals surface area contributed by atoms with Crippen LogP contribution in [0.15, 0.2) is 9.53 Å². The van der Waals surface area contributed by atoms with Gasteiger partial charge in [0.15, 0.2) is 0 Å². The van der Waals surface area contributed by atoms with E-state index in [1.165, 1.54) is 19.3 Å². The van der Waals surface area contributed by atoms with Crippen LogP contribution in [0.1, 0.15) is 39.0 Å². The van der Waals surface area contributed by atoms with Crippen molar-refractivity contribution in [1.29, 1.82) is 0 Å². The lowest BCUT2D eigenvalue weighted by molar-refractivity contribution is 0.188. The summed E-state index contributed by atoms with van der Waals surface area (Å²) in [6, 6.07) is 0. The van der Waals surface area contributed by atoms with E-state index in [0.717, 1.165) is 12.8 Å². The maximum Gasteiger partial charge on any atom is 0.283 e. The lowest BCUT2D eigenvalue weighted by Gasteiger charge is -1.98. The maximum absolute atomic E-state index is 8.61. The van der Waals surface area contributed by atoms with Gasteiger partial charge in [0.25, 0.3) is 5.95 Å². The van der Waals surface area contributed by atoms with Gasteiger partial charge in [0.05, 0.1) is 3.58 Å². The topological polar surface area (TPSA) is 40.5 Å². The predicted octanol–water partition coefficient (Wildman–Crippen LogP) is 3.68. The summed E-state index contributed by atoms with van der Waals surface area (Å²) in [6.45, 7) is 2.16. The van der Waals surface area contributed by atoms with Crippen molar-refractivity contribution in [3.05, 3.63) is 9.53 Å². The van der Waals surface area contributed by atoms with Crippen molar-refractivity contribution in [2.24, 2.45) is 0 Å². The molecule has 0 aliphatic heterocycles. The Hall–Kier alpha value is 0.0700. The van der Waals surface area contributed by atoms with Crippen LogP contribution in [0.4, 0.5) is 0 Å². The fourth-order valence-corrected chi connectivity index (χ4v) is 1.20. The van der Waals surface area contributed by atoms with Gasteiger partial charge >= 0.3 is 0 Å². The van der Waals surface area contributed by atoms with Gasteiger partial charge in [-0.3, -0.25) is 0 Å². The first-order valence-electron chi connectivity index (χ1n) is 3.95. The molecule has 0 aromatic rings. The monoisotopic (exact) mass is 270 g/mol. The molecule has 0 aromatic carbocycles. The highest BCUT2D eigenvalue weighted by Crippen LogP contribution is 2.17. The van der Waals surface area contributed by atoms with Crippen LogP contribution < -0.4 is 0 Å². The third kappa shape index (κ3) is 6.47. The number of hydrogen-bond donors (Lipinski definition) is 2. The van der Waals surface area contributed by atoms with Gasteiger partial charge < -0.3 is 10.2 Å². The van der Waals surface area contributed by atoms with Crippen LogP contribution in [0.3, 0.4) is 0 Å². The quantitative estimate of drug-likeness (QED) is 0.454. The second-order valence-corrected chi connectivity index (χ2v) is 3.84. The molecule has 0 amide bonds. The molecule has 66 valence electrons. The van der Waals surface area contributed by atoms with E-state index in [4.69, 9.17) is 10.2 Å². The van der Waals surface area contributed by atoms with Gasteiger partial charge in [-0.2, -0.15) is 0 Å². The van der Waals surface area contributed by atoms with Crippen LogP contribution in [0.25, 0.3) is 0 Å². The minimum absolute atomic E-state index is 0.512. The normalized spacial score (nSPS) is 9.64. The molecule has 0 fully saturated rings. The van der Waals surface area contributed by atoms with Crippen molar-refractivity contribution in [1.82, 2.24) is 0 Å². The molecule has 2 nitrogen and oxygen atoms in total. The molecule has 0 saturated heterocycles. The highest BCUT2D eigenvalue weighted by atomic mass is 127. The van der Waals surface area contributed by atoms with E-state index in [1.54, 1.807) is 0 Å². The van der Waals surface area contributed by atoms with Crippen molar-refractivity contribution in [3.8, 4) is 0 Å². The molecule has 0 heterocycles. The van der Waals surface area contributed by atoms with Crippen molar-refractivity contribution in [3.63, 3.8) is 0 Å². The summed E-state index contributed by atoms with van der Waals surface area (Å²) in [6.07, 6.45) is 5.47. The number of unbranched alkanes of at least 4 members (excludes halogenated alkanes) is 3. The molecule has 0 atom stereocenters. The van der Waals surface area contributed by atoms with E-state index >= 15 is 0 Å². The Labute approximate surface area is 81.5 Å². The molecular weight excluding hydrogens is 255 g/mol. The number of aliphatic hydroxyl groups excluding tert-OH is 1. The summed E-state index contributed by atoms with van der Waals surface area (Å²) in [5.74, 6) is -0.512. The zero-order chi connectivity index (χ0) is 8.69. The highest BCUT2D eigenvalue weighted by Gasteiger charge is 1.98. The highest BCUT2D eigenvalue weighted by molar-refractivity contribution is 14.1. The molecule has 0 aromatic heterocycles. The van der Waals surface area contributed by atoms with Gasteiger partial charge in [-0.05, 0) is 35.4 Å². The third-order valence-corrected chi connectivity index (χ3v) is 2.51. The van der Waals surface area contributed by atoms with Crippen molar-refractivity contribution >= 4 is 22.6 Å². The van der Waals surface area contributed by atoms with Gasteiger partial charge in [0, 0.05) is 0 Å². The number of aliphatic hydroxyl groups is 2. The standard InChI is InChI=1S/C8H15IO2/c1-2-3-4-5-6-7(9)8(10)11/h10-11H,2-6H2,1H3. The number of halogens is 1. The van der Waals surface area contributed by atoms with E-state index in [2.05, 4.69) is 6.92 Å². The van der Waals surface area contributed by atoms with Crippen LogP contribution in [0, 0.1) is 0 Å². The van der Waals surface area contributed by atoms with E-state index < -0.39 is 5.95 Å². The van der Waals surface area contributed by atoms with Crippen molar-refractivity contribution in [2.75, 3.05) is 0 Å². The molecule has 0 bridgehead atoms. The second-order valence-electron chi connectivity index (χ2n) is 2.54. The number of hydrogen-bond acceptors (Lipinski definition) is 2. The summed E-state index contributed by atoms with van der Waals surface area (Å²) < 4.78 is 0.665. The molecule has 0 saturated carbocycles. The predicted molar refractivity (Wildman–Crippen MR) is 55.1 cm³/mol. The Morgan fingerprint density at radius 2 is 1.82 bits per heavy atom. The van der Waals surface area contributed by atoms with Gasteiger partial charge in [0.2, 0.25) is 0 Å². The van der Waals surface area contributed by atoms with Gasteiger partial charge in [-0.15, -0.1) is 0 Å². The molecule has 2 N–H and O–H groups in total. The molecule has 11 heavy (non-hydrogen) atoms. The summed E-state index contributed by atoms with van der Waals surface area (Å²) in [4.78, 5) is 0. The largest absolute Gasteiger partial charge is 0.481 e. The smallest absolute Gasteiger partial charge is 0.283 e. The molecular formula is C8H15IO2. The zero-order valence-corrected chi connectivity index (χ0v) is 8.97. The summed E-state index contributed by atoms with van der Waals surface area (Å²) in [5, 5.41) is 17.2. The van der Waals surface area contributed by atoms with Crippen LogP contribution in [0.2, 0.25) is 0 Å². The fraction of sp³-hybridized carbons (Fsp3) is 0.750. The summed E-state index contributed by atoms with van der Waals surface area (Å²) >= 11 is 1.96. The third-order valence-electron chi connectivity index (χ3n) is 1.49. The molecule has 0 rings (SSSR count). The van der Waals surface area contributed by atoms with Gasteiger partial charge in [-0.1, -0.05) is 26.2 Å². The Morgan fingerprint density at radius 3 is 2.27 bits per heavy atom. The molecule has 0 spiro atoms. The van der Waals surface area contributed by atoms with Crippen LogP contribution in [-0.4, -0.2) is 10.2 Å².